The van der Waals surface area contributed by atoms with Crippen LogP contribution in [0.25, 0.3) is 0 Å². The Morgan fingerprint density at radius 3 is 2.30 bits per heavy atom. The summed E-state index contributed by atoms with van der Waals surface area (Å²) in [6, 6.07) is 0. The van der Waals surface area contributed by atoms with Gasteiger partial charge in [-0.2, -0.15) is 0 Å². The first-order chi connectivity index (χ1) is 9.63. The second-order valence-corrected chi connectivity index (χ2v) is 7.08. The van der Waals surface area contributed by atoms with Gasteiger partial charge in [0.1, 0.15) is 0 Å². The van der Waals surface area contributed by atoms with Crippen LogP contribution in [0.1, 0.15) is 65.2 Å². The van der Waals surface area contributed by atoms with Gasteiger partial charge in [-0.1, -0.05) is 26.7 Å². The van der Waals surface area contributed by atoms with Gasteiger partial charge in [-0.05, 0) is 57.0 Å². The number of hydrogen-bond donors (Lipinski definition) is 1. The fraction of sp³-hybridized carbons (Fsp3) is 1.00. The molecule has 2 rings (SSSR count). The van der Waals surface area contributed by atoms with Crippen molar-refractivity contribution in [2.24, 2.45) is 11.1 Å². The minimum Gasteiger partial charge on any atom is -0.381 e. The Kier molecular flexibility index (Phi) is 5.49. The Labute approximate surface area is 125 Å². The molecule has 20 heavy (non-hydrogen) atoms. The number of piperidine rings is 1. The number of methoxy groups -OCH3 is 1. The first-order valence-electron chi connectivity index (χ1n) is 8.61. The largest absolute Gasteiger partial charge is 0.381 e. The van der Waals surface area contributed by atoms with E-state index in [1.54, 1.807) is 0 Å². The molecule has 1 heterocycles. The average molecular weight is 282 g/mol. The van der Waals surface area contributed by atoms with Crippen molar-refractivity contribution in [2.75, 3.05) is 26.7 Å². The molecule has 1 saturated heterocycles. The Bertz CT molecular complexity index is 293. The minimum atomic E-state index is 0.215. The standard InChI is InChI=1S/C17H34N2O/c1-4-16(5-2)9-11-19(12-10-16)17(14-18)8-6-7-15(13-17)20-3/h15H,4-14,18H2,1-3H3. The minimum absolute atomic E-state index is 0.215. The maximum Gasteiger partial charge on any atom is 0.0589 e. The fourth-order valence-corrected chi connectivity index (χ4v) is 4.50. The molecule has 0 aromatic rings. The van der Waals surface area contributed by atoms with Gasteiger partial charge in [0, 0.05) is 19.2 Å². The average Bonchev–Trinajstić information content (AvgIpc) is 2.54. The monoisotopic (exact) mass is 282 g/mol. The summed E-state index contributed by atoms with van der Waals surface area (Å²) in [6.07, 6.45) is 10.6. The predicted octanol–water partition coefficient (Wildman–Crippen LogP) is 3.18. The van der Waals surface area contributed by atoms with Crippen LogP contribution in [0.15, 0.2) is 0 Å². The molecular formula is C17H34N2O. The van der Waals surface area contributed by atoms with E-state index in [1.165, 1.54) is 58.0 Å². The second kappa shape index (κ2) is 6.76. The normalized spacial score (nSPS) is 35.1. The highest BCUT2D eigenvalue weighted by Crippen LogP contribution is 2.42. The van der Waals surface area contributed by atoms with Gasteiger partial charge in [0.2, 0.25) is 0 Å². The van der Waals surface area contributed by atoms with Crippen LogP contribution >= 0.6 is 0 Å². The van der Waals surface area contributed by atoms with E-state index in [2.05, 4.69) is 18.7 Å². The second-order valence-electron chi connectivity index (χ2n) is 7.08. The molecule has 2 fully saturated rings. The maximum absolute atomic E-state index is 6.22. The first-order valence-corrected chi connectivity index (χ1v) is 8.61. The SMILES string of the molecule is CCC1(CC)CCN(C2(CN)CCCC(OC)C2)CC1. The Morgan fingerprint density at radius 1 is 1.15 bits per heavy atom. The van der Waals surface area contributed by atoms with Crippen LogP contribution in [0.5, 0.6) is 0 Å². The summed E-state index contributed by atoms with van der Waals surface area (Å²) in [6.45, 7) is 7.97. The van der Waals surface area contributed by atoms with Gasteiger partial charge < -0.3 is 10.5 Å². The van der Waals surface area contributed by atoms with Crippen LogP contribution in [0.3, 0.4) is 0 Å². The summed E-state index contributed by atoms with van der Waals surface area (Å²) in [7, 11) is 1.85. The third-order valence-electron chi connectivity index (χ3n) is 6.48. The van der Waals surface area contributed by atoms with E-state index in [0.29, 0.717) is 11.5 Å². The van der Waals surface area contributed by atoms with Gasteiger partial charge in [0.25, 0.3) is 0 Å². The Balaban J connectivity index is 2.03. The van der Waals surface area contributed by atoms with Crippen LogP contribution in [-0.4, -0.2) is 43.3 Å². The summed E-state index contributed by atoms with van der Waals surface area (Å²) in [4.78, 5) is 2.71. The van der Waals surface area contributed by atoms with Gasteiger partial charge in [-0.25, -0.2) is 0 Å². The molecule has 0 aromatic heterocycles. The third-order valence-corrected chi connectivity index (χ3v) is 6.48. The molecule has 3 nitrogen and oxygen atoms in total. The van der Waals surface area contributed by atoms with E-state index < -0.39 is 0 Å². The lowest BCUT2D eigenvalue weighted by atomic mass is 9.71. The van der Waals surface area contributed by atoms with Crippen LogP contribution in [0, 0.1) is 5.41 Å². The van der Waals surface area contributed by atoms with Gasteiger partial charge >= 0.3 is 0 Å². The molecule has 118 valence electrons. The first kappa shape index (κ1) is 16.3. The lowest BCUT2D eigenvalue weighted by molar-refractivity contribution is -0.0474. The van der Waals surface area contributed by atoms with E-state index in [4.69, 9.17) is 10.5 Å². The molecular weight excluding hydrogens is 248 g/mol. The molecule has 1 saturated carbocycles. The Morgan fingerprint density at radius 2 is 1.80 bits per heavy atom. The predicted molar refractivity (Wildman–Crippen MR) is 84.9 cm³/mol. The smallest absolute Gasteiger partial charge is 0.0589 e. The van der Waals surface area contributed by atoms with Crippen LogP contribution in [0.2, 0.25) is 0 Å². The van der Waals surface area contributed by atoms with E-state index >= 15 is 0 Å². The summed E-state index contributed by atoms with van der Waals surface area (Å²) in [5.74, 6) is 0. The summed E-state index contributed by atoms with van der Waals surface area (Å²) >= 11 is 0. The van der Waals surface area contributed by atoms with Crippen LogP contribution in [0.4, 0.5) is 0 Å². The third kappa shape index (κ3) is 3.05. The van der Waals surface area contributed by atoms with E-state index in [-0.39, 0.29) is 5.54 Å². The molecule has 0 bridgehead atoms. The number of likely N-dealkylation sites (tertiary alicyclic amines) is 1. The zero-order chi connectivity index (χ0) is 14.6. The quantitative estimate of drug-likeness (QED) is 0.841. The zero-order valence-corrected chi connectivity index (χ0v) is 13.8. The molecule has 0 amide bonds. The molecule has 0 radical (unpaired) electrons. The topological polar surface area (TPSA) is 38.5 Å². The van der Waals surface area contributed by atoms with Crippen LogP contribution in [-0.2, 0) is 4.74 Å². The molecule has 1 aliphatic carbocycles. The number of hydrogen-bond acceptors (Lipinski definition) is 3. The van der Waals surface area contributed by atoms with Crippen LogP contribution < -0.4 is 5.73 Å². The van der Waals surface area contributed by atoms with Crippen molar-refractivity contribution < 1.29 is 4.74 Å². The van der Waals surface area contributed by atoms with E-state index in [1.807, 2.05) is 7.11 Å². The van der Waals surface area contributed by atoms with Crippen molar-refractivity contribution in [3.8, 4) is 0 Å². The summed E-state index contributed by atoms with van der Waals surface area (Å²) < 4.78 is 5.64. The highest BCUT2D eigenvalue weighted by molar-refractivity contribution is 5.00. The van der Waals surface area contributed by atoms with Gasteiger partial charge in [0.15, 0.2) is 0 Å². The van der Waals surface area contributed by atoms with E-state index in [9.17, 15) is 0 Å². The maximum atomic E-state index is 6.22. The lowest BCUT2D eigenvalue weighted by Gasteiger charge is -2.52. The molecule has 1 aliphatic heterocycles. The van der Waals surface area contributed by atoms with Gasteiger partial charge in [-0.3, -0.25) is 4.90 Å². The lowest BCUT2D eigenvalue weighted by Crippen LogP contribution is -2.60. The molecule has 2 unspecified atom stereocenters. The van der Waals surface area contributed by atoms with Crippen molar-refractivity contribution in [3.63, 3.8) is 0 Å². The molecule has 0 aromatic carbocycles. The van der Waals surface area contributed by atoms with Crippen molar-refractivity contribution in [2.45, 2.75) is 76.9 Å². The number of nitrogens with zero attached hydrogens (tertiary/aromatic N) is 1. The van der Waals surface area contributed by atoms with Gasteiger partial charge in [-0.15, -0.1) is 0 Å². The van der Waals surface area contributed by atoms with E-state index in [0.717, 1.165) is 13.0 Å². The van der Waals surface area contributed by atoms with Gasteiger partial charge in [0.05, 0.1) is 6.10 Å². The fourth-order valence-electron chi connectivity index (χ4n) is 4.50. The Hall–Kier alpha value is -0.120. The number of rotatable bonds is 5. The highest BCUT2D eigenvalue weighted by atomic mass is 16.5. The van der Waals surface area contributed by atoms with Crippen molar-refractivity contribution >= 4 is 0 Å². The van der Waals surface area contributed by atoms with Crippen molar-refractivity contribution in [1.29, 1.82) is 0 Å². The zero-order valence-electron chi connectivity index (χ0n) is 13.8. The summed E-state index contributed by atoms with van der Waals surface area (Å²) in [5.41, 5.74) is 7.04. The molecule has 3 heteroatoms. The van der Waals surface area contributed by atoms with Crippen molar-refractivity contribution in [3.05, 3.63) is 0 Å². The number of nitrogens with two attached hydrogens (primary N) is 1. The molecule has 2 atom stereocenters. The summed E-state index contributed by atoms with van der Waals surface area (Å²) in [5, 5.41) is 0. The van der Waals surface area contributed by atoms with Crippen molar-refractivity contribution in [1.82, 2.24) is 4.90 Å². The highest BCUT2D eigenvalue weighted by Gasteiger charge is 2.43. The molecule has 2 N–H and O–H groups in total. The molecule has 0 spiro atoms. The molecule has 2 aliphatic rings. The number of ether oxygens (including phenoxy) is 1.